The van der Waals surface area contributed by atoms with Gasteiger partial charge in [-0.1, -0.05) is 121 Å². The van der Waals surface area contributed by atoms with Crippen molar-refractivity contribution < 1.29 is 0 Å². The van der Waals surface area contributed by atoms with Crippen LogP contribution in [0.1, 0.15) is 0 Å². The van der Waals surface area contributed by atoms with E-state index >= 15 is 0 Å². The Hall–Kier alpha value is -7.62. The number of hydrogen-bond acceptors (Lipinski definition) is 0. The van der Waals surface area contributed by atoms with Crippen molar-refractivity contribution >= 4 is 81.7 Å². The van der Waals surface area contributed by atoms with Crippen molar-refractivity contribution in [3.8, 4) is 33.6 Å². The molecule has 13 aromatic rings. The highest BCUT2D eigenvalue weighted by Gasteiger charge is 2.19. The third-order valence-electron chi connectivity index (χ3n) is 12.4. The van der Waals surface area contributed by atoms with Gasteiger partial charge in [-0.2, -0.15) is 0 Å². The van der Waals surface area contributed by atoms with E-state index in [1.54, 1.807) is 0 Å². The second kappa shape index (κ2) is 11.5. The highest BCUT2D eigenvalue weighted by atomic mass is 15.0. The number of benzene rings is 9. The van der Waals surface area contributed by atoms with Crippen molar-refractivity contribution in [1.29, 1.82) is 0 Å². The molecule has 0 spiro atoms. The smallest absolute Gasteiger partial charge is 0.0620 e. The lowest BCUT2D eigenvalue weighted by Crippen LogP contribution is -1.93. The summed E-state index contributed by atoms with van der Waals surface area (Å²) < 4.78 is 7.27. The van der Waals surface area contributed by atoms with Gasteiger partial charge in [0.15, 0.2) is 0 Å². The summed E-state index contributed by atoms with van der Waals surface area (Å²) >= 11 is 0. The third kappa shape index (κ3) is 4.26. The molecule has 0 aliphatic rings. The van der Waals surface area contributed by atoms with Crippen molar-refractivity contribution in [2.45, 2.75) is 0 Å². The summed E-state index contributed by atoms with van der Waals surface area (Å²) in [6.07, 6.45) is 0. The zero-order valence-corrected chi connectivity index (χ0v) is 30.9. The second-order valence-electron chi connectivity index (χ2n) is 15.3. The fraction of sp³-hybridized carbons (Fsp3) is 0. The SMILES string of the molecule is c1ccc(-n2c3ccccc3c3cc(-c4ccc5c(c4)c4cc(-c6ccc7c8cccc9c%10ccccc%10n(c7c6)c98)ccc4n5-c4ccccc4)ccc32)cc1. The Morgan fingerprint density at radius 2 is 0.614 bits per heavy atom. The van der Waals surface area contributed by atoms with Crippen molar-refractivity contribution in [1.82, 2.24) is 13.5 Å². The summed E-state index contributed by atoms with van der Waals surface area (Å²) in [6.45, 7) is 0. The molecule has 0 amide bonds. The summed E-state index contributed by atoms with van der Waals surface area (Å²) in [7, 11) is 0. The molecular weight excluding hydrogens is 691 g/mol. The zero-order chi connectivity index (χ0) is 37.2. The maximum Gasteiger partial charge on any atom is 0.0620 e. The van der Waals surface area contributed by atoms with Crippen molar-refractivity contribution in [3.05, 3.63) is 200 Å². The molecule has 0 aliphatic carbocycles. The summed E-state index contributed by atoms with van der Waals surface area (Å²) in [6, 6.07) is 73.7. The lowest BCUT2D eigenvalue weighted by molar-refractivity contribution is 1.18. The van der Waals surface area contributed by atoms with E-state index in [1.807, 2.05) is 0 Å². The first-order valence-corrected chi connectivity index (χ1v) is 19.7. The Morgan fingerprint density at radius 1 is 0.228 bits per heavy atom. The predicted molar refractivity (Wildman–Crippen MR) is 241 cm³/mol. The second-order valence-corrected chi connectivity index (χ2v) is 15.3. The van der Waals surface area contributed by atoms with Crippen LogP contribution in [0, 0.1) is 0 Å². The highest BCUT2D eigenvalue weighted by molar-refractivity contribution is 6.23. The van der Waals surface area contributed by atoms with Gasteiger partial charge >= 0.3 is 0 Å². The molecule has 3 nitrogen and oxygen atoms in total. The summed E-state index contributed by atoms with van der Waals surface area (Å²) in [5.41, 5.74) is 15.8. The quantitative estimate of drug-likeness (QED) is 0.172. The molecule has 0 radical (unpaired) electrons. The van der Waals surface area contributed by atoms with Crippen molar-refractivity contribution in [3.63, 3.8) is 0 Å². The monoisotopic (exact) mass is 723 g/mol. The average molecular weight is 724 g/mol. The lowest BCUT2D eigenvalue weighted by Gasteiger charge is -2.09. The maximum atomic E-state index is 2.47. The molecule has 264 valence electrons. The fourth-order valence-electron chi connectivity index (χ4n) is 9.86. The number of fused-ring (bicyclic) bond motifs is 12. The number of aromatic nitrogens is 3. The van der Waals surface area contributed by atoms with Crippen LogP contribution in [0.2, 0.25) is 0 Å². The topological polar surface area (TPSA) is 14.3 Å². The fourth-order valence-corrected chi connectivity index (χ4v) is 9.86. The van der Waals surface area contributed by atoms with E-state index in [1.165, 1.54) is 110 Å². The Bertz CT molecular complexity index is 3730. The molecule has 0 unspecified atom stereocenters. The number of nitrogens with zero attached hydrogens (tertiary/aromatic N) is 3. The standard InChI is InChI=1S/C54H33N3/c1-3-12-38(13-4-1)55-48-20-9-8-17-41(48)45-30-34(23-27-50(45)55)35-24-28-51-46(31-35)47-32-36(25-29-52(47)56(51)39-14-5-2-6-15-39)37-22-26-42-44-19-11-18-43-40-16-7-10-21-49(40)57(54(43)44)53(42)33-37/h1-33H. The molecule has 4 heterocycles. The summed E-state index contributed by atoms with van der Waals surface area (Å²) in [4.78, 5) is 0. The van der Waals surface area contributed by atoms with Crippen LogP contribution in [0.25, 0.3) is 115 Å². The number of para-hydroxylation sites is 5. The molecule has 0 saturated heterocycles. The molecule has 0 bridgehead atoms. The van der Waals surface area contributed by atoms with Crippen LogP contribution in [0.15, 0.2) is 200 Å². The minimum absolute atomic E-state index is 1.16. The van der Waals surface area contributed by atoms with Crippen LogP contribution in [-0.4, -0.2) is 13.5 Å². The molecule has 4 aromatic heterocycles. The van der Waals surface area contributed by atoms with Gasteiger partial charge in [0, 0.05) is 54.5 Å². The number of rotatable bonds is 4. The zero-order valence-electron chi connectivity index (χ0n) is 30.9. The van der Waals surface area contributed by atoms with Crippen molar-refractivity contribution in [2.24, 2.45) is 0 Å². The van der Waals surface area contributed by atoms with E-state index in [-0.39, 0.29) is 0 Å². The average Bonchev–Trinajstić information content (AvgIpc) is 4.00. The minimum atomic E-state index is 1.16. The Balaban J connectivity index is 1.02. The molecule has 0 aliphatic heterocycles. The predicted octanol–water partition coefficient (Wildman–Crippen LogP) is 14.4. The molecular formula is C54H33N3. The molecule has 3 heteroatoms. The first-order valence-electron chi connectivity index (χ1n) is 19.7. The van der Waals surface area contributed by atoms with Crippen LogP contribution in [0.4, 0.5) is 0 Å². The largest absolute Gasteiger partial charge is 0.309 e. The van der Waals surface area contributed by atoms with Crippen LogP contribution in [0.3, 0.4) is 0 Å². The molecule has 0 atom stereocenters. The molecule has 0 saturated carbocycles. The van der Waals surface area contributed by atoms with Gasteiger partial charge in [0.25, 0.3) is 0 Å². The van der Waals surface area contributed by atoms with Gasteiger partial charge in [0.2, 0.25) is 0 Å². The molecule has 0 N–H and O–H groups in total. The summed E-state index contributed by atoms with van der Waals surface area (Å²) in [5, 5.41) is 10.2. The Morgan fingerprint density at radius 3 is 1.18 bits per heavy atom. The van der Waals surface area contributed by atoms with Gasteiger partial charge in [-0.05, 0) is 101 Å². The number of hydrogen-bond donors (Lipinski definition) is 0. The normalized spacial score (nSPS) is 12.2. The first kappa shape index (κ1) is 30.7. The third-order valence-corrected chi connectivity index (χ3v) is 12.4. The highest BCUT2D eigenvalue weighted by Crippen LogP contribution is 2.42. The van der Waals surface area contributed by atoms with Gasteiger partial charge in [0.1, 0.15) is 0 Å². The van der Waals surface area contributed by atoms with E-state index in [4.69, 9.17) is 0 Å². The van der Waals surface area contributed by atoms with Crippen LogP contribution in [-0.2, 0) is 0 Å². The van der Waals surface area contributed by atoms with E-state index < -0.39 is 0 Å². The van der Waals surface area contributed by atoms with Gasteiger partial charge in [-0.15, -0.1) is 0 Å². The summed E-state index contributed by atoms with van der Waals surface area (Å²) in [5.74, 6) is 0. The van der Waals surface area contributed by atoms with Gasteiger partial charge < -0.3 is 13.5 Å². The van der Waals surface area contributed by atoms with Crippen LogP contribution < -0.4 is 0 Å². The van der Waals surface area contributed by atoms with Crippen LogP contribution >= 0.6 is 0 Å². The molecule has 57 heavy (non-hydrogen) atoms. The lowest BCUT2D eigenvalue weighted by atomic mass is 9.98. The van der Waals surface area contributed by atoms with E-state index in [0.717, 1.165) is 5.69 Å². The molecule has 9 aromatic carbocycles. The first-order chi connectivity index (χ1) is 28.3. The van der Waals surface area contributed by atoms with E-state index in [9.17, 15) is 0 Å². The van der Waals surface area contributed by atoms with Gasteiger partial charge in [0.05, 0.1) is 38.6 Å². The molecule has 0 fully saturated rings. The maximum absolute atomic E-state index is 2.47. The van der Waals surface area contributed by atoms with Crippen molar-refractivity contribution in [2.75, 3.05) is 0 Å². The van der Waals surface area contributed by atoms with E-state index in [0.29, 0.717) is 0 Å². The van der Waals surface area contributed by atoms with Crippen LogP contribution in [0.5, 0.6) is 0 Å². The van der Waals surface area contributed by atoms with Gasteiger partial charge in [-0.3, -0.25) is 0 Å². The Labute approximate surface area is 327 Å². The Kier molecular flexibility index (Phi) is 6.16. The minimum Gasteiger partial charge on any atom is -0.309 e. The van der Waals surface area contributed by atoms with Gasteiger partial charge in [-0.25, -0.2) is 0 Å². The van der Waals surface area contributed by atoms with E-state index in [2.05, 4.69) is 214 Å². The molecule has 13 rings (SSSR count).